The lowest BCUT2D eigenvalue weighted by Gasteiger charge is -2.26. The molecule has 0 spiro atoms. The second kappa shape index (κ2) is 15.4. The summed E-state index contributed by atoms with van der Waals surface area (Å²) in [6.07, 6.45) is 19.2. The minimum absolute atomic E-state index is 1.10. The fourth-order valence-corrected chi connectivity index (χ4v) is 5.04. The molecule has 0 aromatic heterocycles. The van der Waals surface area contributed by atoms with Gasteiger partial charge in [-0.1, -0.05) is 158 Å². The van der Waals surface area contributed by atoms with Crippen LogP contribution in [0.5, 0.6) is 0 Å². The molecule has 0 radical (unpaired) electrons. The fourth-order valence-electron chi connectivity index (χ4n) is 5.04. The Labute approximate surface area is 263 Å². The third-order valence-corrected chi connectivity index (χ3v) is 7.57. The number of hydrogen-bond acceptors (Lipinski definition) is 1. The number of allylic oxidation sites excluding steroid dienone is 4. The smallest absolute Gasteiger partial charge is 0.0462 e. The van der Waals surface area contributed by atoms with Crippen molar-refractivity contribution in [3.8, 4) is 0 Å². The summed E-state index contributed by atoms with van der Waals surface area (Å²) in [5.41, 5.74) is 12.1. The highest BCUT2D eigenvalue weighted by molar-refractivity contribution is 5.78. The molecule has 0 saturated carbocycles. The van der Waals surface area contributed by atoms with E-state index in [1.807, 2.05) is 0 Å². The molecule has 0 fully saturated rings. The lowest BCUT2D eigenvalue weighted by molar-refractivity contribution is 0.922. The molecule has 0 N–H and O–H groups in total. The van der Waals surface area contributed by atoms with E-state index in [9.17, 15) is 0 Å². The molecule has 5 aromatic rings. The molecule has 0 aliphatic rings. The molecule has 218 valence electrons. The van der Waals surface area contributed by atoms with Crippen LogP contribution in [0, 0.1) is 13.8 Å². The summed E-state index contributed by atoms with van der Waals surface area (Å²) in [5, 5.41) is 0. The molecule has 0 heterocycles. The van der Waals surface area contributed by atoms with E-state index in [0.717, 1.165) is 29.9 Å². The Morgan fingerprint density at radius 2 is 0.705 bits per heavy atom. The third-order valence-electron chi connectivity index (χ3n) is 7.57. The number of aryl methyl sites for hydroxylation is 3. The quantitative estimate of drug-likeness (QED) is 0.143. The maximum Gasteiger partial charge on any atom is 0.0462 e. The van der Waals surface area contributed by atoms with E-state index in [2.05, 4.69) is 196 Å². The van der Waals surface area contributed by atoms with Gasteiger partial charge in [-0.05, 0) is 84.5 Å². The van der Waals surface area contributed by atoms with E-state index in [-0.39, 0.29) is 0 Å². The summed E-state index contributed by atoms with van der Waals surface area (Å²) in [6, 6.07) is 43.6. The first-order chi connectivity index (χ1) is 21.6. The second-order valence-corrected chi connectivity index (χ2v) is 11.2. The lowest BCUT2D eigenvalue weighted by atomic mass is 10.1. The highest BCUT2D eigenvalue weighted by Gasteiger charge is 2.12. The normalized spacial score (nSPS) is 11.8. The maximum atomic E-state index is 2.32. The standard InChI is InChI=1S/C43H41N/c1-4-9-36-22-28-41(29-23-36)44(42-30-24-39(25-31-42)12-7-5-10-37-18-14-34(2)15-19-37)43-32-26-40(27-33-43)13-8-6-11-38-20-16-35(3)17-21-38/h5-8,10-33H,4,9H2,1-3H3/b10-5+,11-6+,12-7+,13-8+. The van der Waals surface area contributed by atoms with Gasteiger partial charge in [-0.3, -0.25) is 0 Å². The molecule has 1 nitrogen and oxygen atoms in total. The number of rotatable bonds is 11. The van der Waals surface area contributed by atoms with Gasteiger partial charge in [-0.25, -0.2) is 0 Å². The van der Waals surface area contributed by atoms with Gasteiger partial charge in [0.05, 0.1) is 0 Å². The minimum atomic E-state index is 1.10. The van der Waals surface area contributed by atoms with Gasteiger partial charge in [0.1, 0.15) is 0 Å². The first kappa shape index (κ1) is 30.3. The van der Waals surface area contributed by atoms with Crippen molar-refractivity contribution < 1.29 is 0 Å². The van der Waals surface area contributed by atoms with Crippen molar-refractivity contribution in [2.45, 2.75) is 33.6 Å². The van der Waals surface area contributed by atoms with Crippen LogP contribution in [0.15, 0.2) is 146 Å². The van der Waals surface area contributed by atoms with Crippen LogP contribution >= 0.6 is 0 Å². The zero-order chi connectivity index (χ0) is 30.6. The van der Waals surface area contributed by atoms with Crippen LogP contribution in [0.3, 0.4) is 0 Å². The van der Waals surface area contributed by atoms with E-state index in [1.54, 1.807) is 0 Å². The molecule has 5 rings (SSSR count). The van der Waals surface area contributed by atoms with Crippen molar-refractivity contribution in [1.29, 1.82) is 0 Å². The summed E-state index contributed by atoms with van der Waals surface area (Å²) in [4.78, 5) is 2.32. The molecular weight excluding hydrogens is 530 g/mol. The van der Waals surface area contributed by atoms with Gasteiger partial charge in [-0.2, -0.15) is 0 Å². The fraction of sp³-hybridized carbons (Fsp3) is 0.116. The van der Waals surface area contributed by atoms with Gasteiger partial charge in [-0.15, -0.1) is 0 Å². The molecule has 0 aliphatic heterocycles. The van der Waals surface area contributed by atoms with Crippen molar-refractivity contribution in [2.24, 2.45) is 0 Å². The van der Waals surface area contributed by atoms with E-state index >= 15 is 0 Å². The minimum Gasteiger partial charge on any atom is -0.311 e. The molecule has 0 saturated heterocycles. The molecule has 44 heavy (non-hydrogen) atoms. The van der Waals surface area contributed by atoms with Crippen molar-refractivity contribution in [2.75, 3.05) is 4.90 Å². The van der Waals surface area contributed by atoms with E-state index in [0.29, 0.717) is 0 Å². The van der Waals surface area contributed by atoms with E-state index in [1.165, 1.54) is 38.9 Å². The van der Waals surface area contributed by atoms with Gasteiger partial charge in [0.15, 0.2) is 0 Å². The second-order valence-electron chi connectivity index (χ2n) is 11.2. The first-order valence-electron chi connectivity index (χ1n) is 15.5. The Hall–Kier alpha value is -5.14. The molecule has 0 unspecified atom stereocenters. The Balaban J connectivity index is 1.33. The van der Waals surface area contributed by atoms with Crippen molar-refractivity contribution in [3.05, 3.63) is 185 Å². The zero-order valence-corrected chi connectivity index (χ0v) is 26.0. The topological polar surface area (TPSA) is 3.24 Å². The van der Waals surface area contributed by atoms with Crippen LogP contribution in [0.4, 0.5) is 17.1 Å². The SMILES string of the molecule is CCCc1ccc(N(c2ccc(/C=C/C=C/c3ccc(C)cc3)cc2)c2ccc(/C=C/C=C/c3ccc(C)cc3)cc2)cc1. The molecule has 5 aromatic carbocycles. The lowest BCUT2D eigenvalue weighted by Crippen LogP contribution is -2.10. The van der Waals surface area contributed by atoms with Gasteiger partial charge in [0, 0.05) is 17.1 Å². The van der Waals surface area contributed by atoms with Crippen LogP contribution < -0.4 is 4.90 Å². The predicted molar refractivity (Wildman–Crippen MR) is 194 cm³/mol. The molecule has 0 amide bonds. The Kier molecular flexibility index (Phi) is 10.6. The average Bonchev–Trinajstić information content (AvgIpc) is 3.05. The largest absolute Gasteiger partial charge is 0.311 e. The number of anilines is 3. The highest BCUT2D eigenvalue weighted by Crippen LogP contribution is 2.35. The maximum absolute atomic E-state index is 2.32. The van der Waals surface area contributed by atoms with Crippen LogP contribution in [-0.2, 0) is 6.42 Å². The number of hydrogen-bond donors (Lipinski definition) is 0. The van der Waals surface area contributed by atoms with Crippen molar-refractivity contribution >= 4 is 41.4 Å². The summed E-state index contributed by atoms with van der Waals surface area (Å²) in [6.45, 7) is 6.45. The van der Waals surface area contributed by atoms with Crippen LogP contribution in [0.2, 0.25) is 0 Å². The number of nitrogens with zero attached hydrogens (tertiary/aromatic N) is 1. The summed E-state index contributed by atoms with van der Waals surface area (Å²) in [7, 11) is 0. The van der Waals surface area contributed by atoms with Gasteiger partial charge < -0.3 is 4.90 Å². The first-order valence-corrected chi connectivity index (χ1v) is 15.5. The molecule has 0 aliphatic carbocycles. The highest BCUT2D eigenvalue weighted by atomic mass is 15.1. The summed E-state index contributed by atoms with van der Waals surface area (Å²) >= 11 is 0. The molecular formula is C43H41N. The van der Waals surface area contributed by atoms with Gasteiger partial charge >= 0.3 is 0 Å². The van der Waals surface area contributed by atoms with Crippen molar-refractivity contribution in [3.63, 3.8) is 0 Å². The summed E-state index contributed by atoms with van der Waals surface area (Å²) in [5.74, 6) is 0. The van der Waals surface area contributed by atoms with Gasteiger partial charge in [0.25, 0.3) is 0 Å². The molecule has 1 heteroatoms. The van der Waals surface area contributed by atoms with E-state index < -0.39 is 0 Å². The van der Waals surface area contributed by atoms with E-state index in [4.69, 9.17) is 0 Å². The van der Waals surface area contributed by atoms with Crippen LogP contribution in [0.1, 0.15) is 52.3 Å². The molecule has 0 bridgehead atoms. The van der Waals surface area contributed by atoms with Crippen LogP contribution in [-0.4, -0.2) is 0 Å². The monoisotopic (exact) mass is 571 g/mol. The number of benzene rings is 5. The Morgan fingerprint density at radius 1 is 0.409 bits per heavy atom. The average molecular weight is 572 g/mol. The van der Waals surface area contributed by atoms with Gasteiger partial charge in [0.2, 0.25) is 0 Å². The Bertz CT molecular complexity index is 1600. The van der Waals surface area contributed by atoms with Crippen LogP contribution in [0.25, 0.3) is 24.3 Å². The zero-order valence-electron chi connectivity index (χ0n) is 26.0. The summed E-state index contributed by atoms with van der Waals surface area (Å²) < 4.78 is 0. The third kappa shape index (κ3) is 8.69. The molecule has 0 atom stereocenters. The van der Waals surface area contributed by atoms with Crippen molar-refractivity contribution in [1.82, 2.24) is 0 Å². The Morgan fingerprint density at radius 3 is 1.02 bits per heavy atom. The predicted octanol–water partition coefficient (Wildman–Crippen LogP) is 12.2.